The summed E-state index contributed by atoms with van der Waals surface area (Å²) in [7, 11) is 0. The third-order valence-electron chi connectivity index (χ3n) is 3.35. The molecule has 0 amide bonds. The summed E-state index contributed by atoms with van der Waals surface area (Å²) in [5.41, 5.74) is 0.679. The largest absolute Gasteiger partial charge is 0.356 e. The van der Waals surface area contributed by atoms with Crippen LogP contribution in [-0.4, -0.2) is 21.3 Å². The average Bonchev–Trinajstić information content (AvgIpc) is 2.75. The molecule has 2 heterocycles. The van der Waals surface area contributed by atoms with Crippen LogP contribution in [0.4, 0.5) is 5.69 Å². The molecular formula is C12H11ClIN3O3. The fraction of sp³-hybridized carbons (Fsp3) is 0.417. The van der Waals surface area contributed by atoms with Crippen molar-refractivity contribution < 1.29 is 9.66 Å². The van der Waals surface area contributed by atoms with Gasteiger partial charge in [0, 0.05) is 18.1 Å². The zero-order valence-corrected chi connectivity index (χ0v) is 13.3. The third kappa shape index (κ3) is 2.38. The van der Waals surface area contributed by atoms with Crippen LogP contribution in [0.1, 0.15) is 25.5 Å². The van der Waals surface area contributed by atoms with Crippen LogP contribution in [-0.2, 0) is 4.74 Å². The van der Waals surface area contributed by atoms with Crippen molar-refractivity contribution in [3.63, 3.8) is 0 Å². The number of nitro groups is 1. The first-order valence-corrected chi connectivity index (χ1v) is 7.67. The van der Waals surface area contributed by atoms with Crippen LogP contribution in [0.15, 0.2) is 12.1 Å². The lowest BCUT2D eigenvalue weighted by Crippen LogP contribution is -2.19. The lowest BCUT2D eigenvalue weighted by atomic mass is 10.2. The zero-order valence-electron chi connectivity index (χ0n) is 10.4. The number of hydrogen-bond acceptors (Lipinski definition) is 4. The summed E-state index contributed by atoms with van der Waals surface area (Å²) < 4.78 is 8.22. The number of rotatable bonds is 2. The highest BCUT2D eigenvalue weighted by Gasteiger charge is 2.23. The van der Waals surface area contributed by atoms with Crippen molar-refractivity contribution in [3.8, 4) is 0 Å². The molecule has 1 fully saturated rings. The Kier molecular flexibility index (Phi) is 3.83. The van der Waals surface area contributed by atoms with Crippen molar-refractivity contribution in [1.82, 2.24) is 9.78 Å². The molecule has 106 valence electrons. The summed E-state index contributed by atoms with van der Waals surface area (Å²) in [6, 6.07) is 3.08. The molecule has 0 saturated carbocycles. The first-order valence-electron chi connectivity index (χ1n) is 6.21. The van der Waals surface area contributed by atoms with E-state index in [-0.39, 0.29) is 16.9 Å². The highest BCUT2D eigenvalue weighted by atomic mass is 127. The van der Waals surface area contributed by atoms with Crippen molar-refractivity contribution in [2.45, 2.75) is 25.5 Å². The molecule has 1 saturated heterocycles. The molecular weight excluding hydrogens is 397 g/mol. The standard InChI is InChI=1S/C12H11ClIN3O3/c13-8-6-9-7(5-10(8)17(18)19)12(14)15-16(9)11-3-1-2-4-20-11/h5-6,11H,1-4H2. The van der Waals surface area contributed by atoms with Crippen LogP contribution in [0, 0.1) is 13.8 Å². The number of nitro benzene ring substituents is 1. The van der Waals surface area contributed by atoms with E-state index in [1.807, 2.05) is 0 Å². The molecule has 2 aromatic rings. The molecule has 0 N–H and O–H groups in total. The minimum Gasteiger partial charge on any atom is -0.356 e. The van der Waals surface area contributed by atoms with Crippen molar-refractivity contribution in [3.05, 3.63) is 31.0 Å². The van der Waals surface area contributed by atoms with Crippen LogP contribution in [0.5, 0.6) is 0 Å². The maximum Gasteiger partial charge on any atom is 0.288 e. The Bertz CT molecular complexity index is 682. The zero-order chi connectivity index (χ0) is 14.3. The van der Waals surface area contributed by atoms with Crippen LogP contribution in [0.25, 0.3) is 10.9 Å². The number of hydrogen-bond donors (Lipinski definition) is 0. The van der Waals surface area contributed by atoms with E-state index >= 15 is 0 Å². The monoisotopic (exact) mass is 407 g/mol. The summed E-state index contributed by atoms with van der Waals surface area (Å²) in [6.07, 6.45) is 2.91. The van der Waals surface area contributed by atoms with E-state index in [4.69, 9.17) is 16.3 Å². The second-order valence-electron chi connectivity index (χ2n) is 4.63. The molecule has 1 unspecified atom stereocenters. The molecule has 6 nitrogen and oxygen atoms in total. The van der Waals surface area contributed by atoms with Gasteiger partial charge in [0.05, 0.1) is 10.4 Å². The Morgan fingerprint density at radius 1 is 1.50 bits per heavy atom. The van der Waals surface area contributed by atoms with Gasteiger partial charge in [-0.25, -0.2) is 4.68 Å². The molecule has 0 bridgehead atoms. The Morgan fingerprint density at radius 3 is 2.95 bits per heavy atom. The maximum absolute atomic E-state index is 11.0. The lowest BCUT2D eigenvalue weighted by Gasteiger charge is -2.23. The van der Waals surface area contributed by atoms with Gasteiger partial charge in [-0.2, -0.15) is 5.10 Å². The topological polar surface area (TPSA) is 70.2 Å². The smallest absolute Gasteiger partial charge is 0.288 e. The normalized spacial score (nSPS) is 19.4. The van der Waals surface area contributed by atoms with Crippen molar-refractivity contribution >= 4 is 50.8 Å². The van der Waals surface area contributed by atoms with Gasteiger partial charge in [-0.05, 0) is 47.9 Å². The van der Waals surface area contributed by atoms with Crippen LogP contribution in [0.2, 0.25) is 5.02 Å². The van der Waals surface area contributed by atoms with E-state index in [0.29, 0.717) is 10.3 Å². The predicted molar refractivity (Wildman–Crippen MR) is 83.0 cm³/mol. The van der Waals surface area contributed by atoms with E-state index in [2.05, 4.69) is 27.7 Å². The number of halogens is 2. The Hall–Kier alpha value is -0.930. The summed E-state index contributed by atoms with van der Waals surface area (Å²) in [5.74, 6) is 0. The summed E-state index contributed by atoms with van der Waals surface area (Å²) in [4.78, 5) is 10.5. The van der Waals surface area contributed by atoms with Crippen molar-refractivity contribution in [2.24, 2.45) is 0 Å². The fourth-order valence-corrected chi connectivity index (χ4v) is 3.28. The number of fused-ring (bicyclic) bond motifs is 1. The molecule has 0 spiro atoms. The number of nitrogens with zero attached hydrogens (tertiary/aromatic N) is 3. The molecule has 0 radical (unpaired) electrons. The predicted octanol–water partition coefficient (Wildman–Crippen LogP) is 3.90. The first-order chi connectivity index (χ1) is 9.58. The third-order valence-corrected chi connectivity index (χ3v) is 4.45. The molecule has 1 aromatic heterocycles. The number of aromatic nitrogens is 2. The van der Waals surface area contributed by atoms with Crippen LogP contribution >= 0.6 is 34.2 Å². The minimum absolute atomic E-state index is 0.0961. The van der Waals surface area contributed by atoms with Gasteiger partial charge in [-0.3, -0.25) is 10.1 Å². The van der Waals surface area contributed by atoms with E-state index in [1.54, 1.807) is 10.7 Å². The van der Waals surface area contributed by atoms with Gasteiger partial charge < -0.3 is 4.74 Å². The van der Waals surface area contributed by atoms with Gasteiger partial charge in [0.25, 0.3) is 5.69 Å². The Balaban J connectivity index is 2.15. The molecule has 3 rings (SSSR count). The molecule has 0 aliphatic carbocycles. The van der Waals surface area contributed by atoms with E-state index < -0.39 is 4.92 Å². The van der Waals surface area contributed by atoms with E-state index in [0.717, 1.165) is 30.2 Å². The highest BCUT2D eigenvalue weighted by Crippen LogP contribution is 2.34. The van der Waals surface area contributed by atoms with Crippen molar-refractivity contribution in [2.75, 3.05) is 6.61 Å². The molecule has 1 aromatic carbocycles. The van der Waals surface area contributed by atoms with Crippen LogP contribution < -0.4 is 0 Å². The highest BCUT2D eigenvalue weighted by molar-refractivity contribution is 14.1. The Morgan fingerprint density at radius 2 is 2.30 bits per heavy atom. The van der Waals surface area contributed by atoms with Gasteiger partial charge in [0.15, 0.2) is 6.23 Å². The second-order valence-corrected chi connectivity index (χ2v) is 6.06. The molecule has 1 aliphatic heterocycles. The lowest BCUT2D eigenvalue weighted by molar-refractivity contribution is -0.384. The fourth-order valence-electron chi connectivity index (χ4n) is 2.38. The quantitative estimate of drug-likeness (QED) is 0.430. The van der Waals surface area contributed by atoms with E-state index in [1.165, 1.54) is 6.07 Å². The van der Waals surface area contributed by atoms with Gasteiger partial charge in [0.1, 0.15) is 8.72 Å². The van der Waals surface area contributed by atoms with Crippen molar-refractivity contribution in [1.29, 1.82) is 0 Å². The SMILES string of the molecule is O=[N+]([O-])c1cc2c(I)nn(C3CCCCO3)c2cc1Cl. The van der Waals surface area contributed by atoms with E-state index in [9.17, 15) is 10.1 Å². The van der Waals surface area contributed by atoms with Gasteiger partial charge >= 0.3 is 0 Å². The Labute approximate surface area is 133 Å². The minimum atomic E-state index is -0.480. The molecule has 8 heteroatoms. The number of ether oxygens (including phenoxy) is 1. The summed E-state index contributed by atoms with van der Waals surface area (Å²) >= 11 is 8.07. The maximum atomic E-state index is 11.0. The number of benzene rings is 1. The summed E-state index contributed by atoms with van der Waals surface area (Å²) in [6.45, 7) is 0.712. The van der Waals surface area contributed by atoms with Gasteiger partial charge in [-0.15, -0.1) is 0 Å². The van der Waals surface area contributed by atoms with Gasteiger partial charge in [-0.1, -0.05) is 11.6 Å². The molecule has 1 atom stereocenters. The first kappa shape index (κ1) is 14.0. The molecule has 1 aliphatic rings. The molecule has 20 heavy (non-hydrogen) atoms. The second kappa shape index (κ2) is 5.45. The van der Waals surface area contributed by atoms with Crippen LogP contribution in [0.3, 0.4) is 0 Å². The average molecular weight is 408 g/mol. The van der Waals surface area contributed by atoms with Gasteiger partial charge in [0.2, 0.25) is 0 Å². The summed E-state index contributed by atoms with van der Waals surface area (Å²) in [5, 5.41) is 16.3.